The normalized spacial score (nSPS) is 10.2. The maximum absolute atomic E-state index is 11.1. The van der Waals surface area contributed by atoms with E-state index >= 15 is 0 Å². The molecule has 0 aliphatic heterocycles. The van der Waals surface area contributed by atoms with Gasteiger partial charge in [-0.2, -0.15) is 0 Å². The molecule has 0 aliphatic carbocycles. The standard InChI is InChI=1S/C13H22O7/c1-2-3-6-18-7-8-19-9-10-20-12(15)5-4-11(14)13(16)17/h2-10H2,1H3,(H,16,17). The van der Waals surface area contributed by atoms with Crippen LogP contribution >= 0.6 is 0 Å². The van der Waals surface area contributed by atoms with Gasteiger partial charge < -0.3 is 19.3 Å². The molecule has 116 valence electrons. The third kappa shape index (κ3) is 11.6. The highest BCUT2D eigenvalue weighted by Crippen LogP contribution is 1.95. The second-order valence-corrected chi connectivity index (χ2v) is 4.03. The zero-order valence-electron chi connectivity index (χ0n) is 11.8. The average molecular weight is 290 g/mol. The smallest absolute Gasteiger partial charge is 0.372 e. The van der Waals surface area contributed by atoms with Crippen LogP contribution in [0.1, 0.15) is 32.6 Å². The van der Waals surface area contributed by atoms with Crippen molar-refractivity contribution in [3.63, 3.8) is 0 Å². The molecule has 0 unspecified atom stereocenters. The minimum absolute atomic E-state index is 0.0784. The monoisotopic (exact) mass is 290 g/mol. The number of aliphatic carboxylic acids is 1. The molecular formula is C13H22O7. The lowest BCUT2D eigenvalue weighted by atomic mass is 10.2. The molecule has 0 fully saturated rings. The number of ether oxygens (including phenoxy) is 3. The minimum Gasteiger partial charge on any atom is -0.476 e. The Bertz CT molecular complexity index is 301. The first kappa shape index (κ1) is 18.5. The van der Waals surface area contributed by atoms with Crippen LogP contribution in [0.4, 0.5) is 0 Å². The summed E-state index contributed by atoms with van der Waals surface area (Å²) in [6, 6.07) is 0. The molecule has 0 bridgehead atoms. The van der Waals surface area contributed by atoms with Gasteiger partial charge in [-0.3, -0.25) is 9.59 Å². The molecule has 0 amide bonds. The number of carbonyl (C=O) groups is 3. The number of carboxylic acid groups (broad SMARTS) is 1. The van der Waals surface area contributed by atoms with E-state index in [9.17, 15) is 14.4 Å². The van der Waals surface area contributed by atoms with Crippen molar-refractivity contribution in [1.82, 2.24) is 0 Å². The van der Waals surface area contributed by atoms with E-state index in [1.54, 1.807) is 0 Å². The molecule has 7 heteroatoms. The van der Waals surface area contributed by atoms with Gasteiger partial charge in [-0.05, 0) is 6.42 Å². The Morgan fingerprint density at radius 3 is 2.10 bits per heavy atom. The summed E-state index contributed by atoms with van der Waals surface area (Å²) in [6.07, 6.45) is 1.53. The average Bonchev–Trinajstić information content (AvgIpc) is 2.42. The van der Waals surface area contributed by atoms with Gasteiger partial charge in [0.2, 0.25) is 5.78 Å². The molecule has 0 saturated carbocycles. The van der Waals surface area contributed by atoms with Crippen molar-refractivity contribution in [2.24, 2.45) is 0 Å². The van der Waals surface area contributed by atoms with E-state index < -0.39 is 17.7 Å². The summed E-state index contributed by atoms with van der Waals surface area (Å²) < 4.78 is 15.2. The second-order valence-electron chi connectivity index (χ2n) is 4.03. The lowest BCUT2D eigenvalue weighted by molar-refractivity contribution is -0.151. The fourth-order valence-electron chi connectivity index (χ4n) is 1.18. The number of hydrogen-bond acceptors (Lipinski definition) is 6. The summed E-state index contributed by atoms with van der Waals surface area (Å²) in [4.78, 5) is 32.1. The highest BCUT2D eigenvalue weighted by atomic mass is 16.6. The van der Waals surface area contributed by atoms with E-state index in [4.69, 9.17) is 19.3 Å². The van der Waals surface area contributed by atoms with Crippen LogP contribution in [0, 0.1) is 0 Å². The Kier molecular flexibility index (Phi) is 11.6. The van der Waals surface area contributed by atoms with E-state index in [1.165, 1.54) is 0 Å². The van der Waals surface area contributed by atoms with Crippen LogP contribution in [0.2, 0.25) is 0 Å². The quantitative estimate of drug-likeness (QED) is 0.304. The molecule has 0 aliphatic rings. The molecule has 0 rings (SSSR count). The van der Waals surface area contributed by atoms with Crippen LogP contribution in [-0.4, -0.2) is 55.9 Å². The van der Waals surface area contributed by atoms with Gasteiger partial charge in [0, 0.05) is 13.0 Å². The van der Waals surface area contributed by atoms with Crippen LogP contribution in [-0.2, 0) is 28.6 Å². The number of carbonyl (C=O) groups excluding carboxylic acids is 2. The molecule has 0 aromatic carbocycles. The third-order valence-corrected chi connectivity index (χ3v) is 2.30. The zero-order valence-corrected chi connectivity index (χ0v) is 11.8. The molecule has 7 nitrogen and oxygen atoms in total. The van der Waals surface area contributed by atoms with Crippen molar-refractivity contribution < 1.29 is 33.7 Å². The third-order valence-electron chi connectivity index (χ3n) is 2.30. The predicted molar refractivity (Wildman–Crippen MR) is 69.4 cm³/mol. The molecule has 0 saturated heterocycles. The first-order valence-electron chi connectivity index (χ1n) is 6.65. The van der Waals surface area contributed by atoms with Crippen molar-refractivity contribution in [2.75, 3.05) is 33.0 Å². The number of unbranched alkanes of at least 4 members (excludes halogenated alkanes) is 1. The largest absolute Gasteiger partial charge is 0.476 e. The molecular weight excluding hydrogens is 268 g/mol. The lowest BCUT2D eigenvalue weighted by Gasteiger charge is -2.06. The summed E-state index contributed by atoms with van der Waals surface area (Å²) in [6.45, 7) is 4.05. The minimum atomic E-state index is -1.54. The van der Waals surface area contributed by atoms with Crippen LogP contribution in [0.3, 0.4) is 0 Å². The fraction of sp³-hybridized carbons (Fsp3) is 0.769. The maximum atomic E-state index is 11.1. The van der Waals surface area contributed by atoms with Crippen molar-refractivity contribution in [3.8, 4) is 0 Å². The van der Waals surface area contributed by atoms with Crippen LogP contribution < -0.4 is 0 Å². The molecule has 0 atom stereocenters. The first-order valence-corrected chi connectivity index (χ1v) is 6.65. The van der Waals surface area contributed by atoms with Crippen LogP contribution in [0.15, 0.2) is 0 Å². The first-order chi connectivity index (χ1) is 9.57. The predicted octanol–water partition coefficient (Wildman–Crippen LogP) is 0.797. The van der Waals surface area contributed by atoms with Gasteiger partial charge in [0.05, 0.1) is 26.2 Å². The summed E-state index contributed by atoms with van der Waals surface area (Å²) in [5.41, 5.74) is 0. The highest BCUT2D eigenvalue weighted by Gasteiger charge is 2.13. The van der Waals surface area contributed by atoms with Gasteiger partial charge in [0.15, 0.2) is 0 Å². The highest BCUT2D eigenvalue weighted by molar-refractivity contribution is 6.32. The van der Waals surface area contributed by atoms with E-state index in [0.717, 1.165) is 12.8 Å². The van der Waals surface area contributed by atoms with Crippen molar-refractivity contribution in [1.29, 1.82) is 0 Å². The summed E-state index contributed by atoms with van der Waals surface area (Å²) >= 11 is 0. The van der Waals surface area contributed by atoms with Crippen LogP contribution in [0.5, 0.6) is 0 Å². The summed E-state index contributed by atoms with van der Waals surface area (Å²) in [5.74, 6) is -3.14. The van der Waals surface area contributed by atoms with Crippen molar-refractivity contribution in [2.45, 2.75) is 32.6 Å². The maximum Gasteiger partial charge on any atom is 0.372 e. The SMILES string of the molecule is CCCCOCCOCCOC(=O)CCC(=O)C(=O)O. The Balaban J connectivity index is 3.31. The summed E-state index contributed by atoms with van der Waals surface area (Å²) in [7, 11) is 0. The molecule has 0 heterocycles. The van der Waals surface area contributed by atoms with E-state index in [1.807, 2.05) is 0 Å². The van der Waals surface area contributed by atoms with Gasteiger partial charge in [-0.25, -0.2) is 4.79 Å². The fourth-order valence-corrected chi connectivity index (χ4v) is 1.18. The van der Waals surface area contributed by atoms with Gasteiger partial charge in [-0.1, -0.05) is 13.3 Å². The number of Topliss-reactive ketones (excluding diaryl/α,β-unsaturated/α-hetero) is 1. The Morgan fingerprint density at radius 1 is 0.900 bits per heavy atom. The summed E-state index contributed by atoms with van der Waals surface area (Å²) in [5, 5.41) is 8.31. The molecule has 0 aromatic heterocycles. The van der Waals surface area contributed by atoms with E-state index in [2.05, 4.69) is 6.92 Å². The van der Waals surface area contributed by atoms with E-state index in [-0.39, 0.29) is 26.1 Å². The van der Waals surface area contributed by atoms with Gasteiger partial charge >= 0.3 is 11.9 Å². The van der Waals surface area contributed by atoms with E-state index in [0.29, 0.717) is 19.8 Å². The molecule has 0 spiro atoms. The number of carboxylic acids is 1. The Hall–Kier alpha value is -1.47. The zero-order chi connectivity index (χ0) is 15.2. The topological polar surface area (TPSA) is 99.1 Å². The Morgan fingerprint density at radius 2 is 1.50 bits per heavy atom. The number of esters is 1. The Labute approximate surface area is 118 Å². The lowest BCUT2D eigenvalue weighted by Crippen LogP contribution is -2.16. The number of hydrogen-bond donors (Lipinski definition) is 1. The molecule has 1 N–H and O–H groups in total. The molecule has 20 heavy (non-hydrogen) atoms. The van der Waals surface area contributed by atoms with Gasteiger partial charge in [0.1, 0.15) is 6.61 Å². The van der Waals surface area contributed by atoms with Gasteiger partial charge in [0.25, 0.3) is 0 Å². The second kappa shape index (κ2) is 12.6. The number of rotatable bonds is 13. The molecule has 0 aromatic rings. The van der Waals surface area contributed by atoms with Gasteiger partial charge in [-0.15, -0.1) is 0 Å². The van der Waals surface area contributed by atoms with Crippen molar-refractivity contribution in [3.05, 3.63) is 0 Å². The number of ketones is 1. The van der Waals surface area contributed by atoms with Crippen LogP contribution in [0.25, 0.3) is 0 Å². The molecule has 0 radical (unpaired) electrons. The van der Waals surface area contributed by atoms with Crippen molar-refractivity contribution >= 4 is 17.7 Å².